The molecule has 5 fully saturated rings. The van der Waals surface area contributed by atoms with Crippen LogP contribution in [-0.4, -0.2) is 5.60 Å². The fourth-order valence-electron chi connectivity index (χ4n) is 8.61. The Morgan fingerprint density at radius 1 is 0.656 bits per heavy atom. The summed E-state index contributed by atoms with van der Waals surface area (Å²) in [5.41, 5.74) is 6.58. The molecule has 9 rings (SSSR count). The van der Waals surface area contributed by atoms with Crippen LogP contribution in [-0.2, 0) is 16.9 Å². The summed E-state index contributed by atoms with van der Waals surface area (Å²) >= 11 is 0. The molecule has 32 heavy (non-hydrogen) atoms. The van der Waals surface area contributed by atoms with Gasteiger partial charge in [-0.15, -0.1) is 0 Å². The summed E-state index contributed by atoms with van der Waals surface area (Å²) in [6, 6.07) is 29.1. The van der Waals surface area contributed by atoms with Crippen molar-refractivity contribution in [3.05, 3.63) is 95.6 Å². The number of hydrogen-bond donors (Lipinski definition) is 0. The van der Waals surface area contributed by atoms with Gasteiger partial charge in [-0.2, -0.15) is 0 Å². The van der Waals surface area contributed by atoms with Gasteiger partial charge < -0.3 is 9.64 Å². The van der Waals surface area contributed by atoms with E-state index in [0.29, 0.717) is 0 Å². The Bertz CT molecular complexity index is 1140. The normalized spacial score (nSPS) is 34.6. The number of rotatable bonds is 2. The van der Waals surface area contributed by atoms with E-state index in [4.69, 9.17) is 4.74 Å². The fourth-order valence-corrected chi connectivity index (χ4v) is 8.61. The molecule has 0 N–H and O–H groups in total. The molecular weight excluding hydrogens is 390 g/mol. The van der Waals surface area contributed by atoms with Crippen molar-refractivity contribution < 1.29 is 4.74 Å². The van der Waals surface area contributed by atoms with Crippen molar-refractivity contribution in [3.63, 3.8) is 0 Å². The van der Waals surface area contributed by atoms with E-state index < -0.39 is 0 Å². The highest BCUT2D eigenvalue weighted by molar-refractivity contribution is 5.80. The quantitative estimate of drug-likeness (QED) is 0.424. The number of fused-ring (bicyclic) bond motifs is 4. The second-order valence-electron chi connectivity index (χ2n) is 11.0. The third-order valence-corrected chi connectivity index (χ3v) is 9.51. The average Bonchev–Trinajstić information content (AvgIpc) is 3.52. The van der Waals surface area contributed by atoms with Gasteiger partial charge >= 0.3 is 0 Å². The summed E-state index contributed by atoms with van der Waals surface area (Å²) in [4.78, 5) is 2.52. The molecule has 4 saturated carbocycles. The molecule has 2 heteroatoms. The Morgan fingerprint density at radius 2 is 1.19 bits per heavy atom. The predicted molar refractivity (Wildman–Crippen MR) is 127 cm³/mol. The van der Waals surface area contributed by atoms with Gasteiger partial charge in [0.1, 0.15) is 5.60 Å². The van der Waals surface area contributed by atoms with Crippen molar-refractivity contribution in [3.8, 4) is 0 Å². The van der Waals surface area contributed by atoms with Crippen molar-refractivity contribution in [2.75, 3.05) is 4.90 Å². The summed E-state index contributed by atoms with van der Waals surface area (Å²) in [6.07, 6.45) is 7.01. The van der Waals surface area contributed by atoms with Crippen molar-refractivity contribution in [2.45, 2.75) is 49.9 Å². The molecular formula is C30H29NO. The van der Waals surface area contributed by atoms with Gasteiger partial charge in [0.25, 0.3) is 0 Å². The molecule has 4 bridgehead atoms. The number of benzene rings is 3. The van der Waals surface area contributed by atoms with E-state index in [0.717, 1.165) is 30.2 Å². The van der Waals surface area contributed by atoms with Crippen LogP contribution in [0, 0.1) is 23.7 Å². The zero-order chi connectivity index (χ0) is 20.9. The Labute approximate surface area is 190 Å². The van der Waals surface area contributed by atoms with Crippen LogP contribution in [0.4, 0.5) is 11.4 Å². The smallest absolute Gasteiger partial charge is 0.152 e. The SMILES string of the molecule is c1ccc(CN2c3ccccc3C3(OC34C3CC5CC(C3)CC4C5)c3ccccc32)cc1. The van der Waals surface area contributed by atoms with Crippen molar-refractivity contribution in [1.29, 1.82) is 0 Å². The first kappa shape index (κ1) is 17.9. The van der Waals surface area contributed by atoms with Crippen LogP contribution in [0.5, 0.6) is 0 Å². The van der Waals surface area contributed by atoms with Crippen LogP contribution in [0.2, 0.25) is 0 Å². The molecule has 2 heterocycles. The molecule has 0 aromatic heterocycles. The maximum atomic E-state index is 7.23. The summed E-state index contributed by atoms with van der Waals surface area (Å²) in [7, 11) is 0. The van der Waals surface area contributed by atoms with Gasteiger partial charge in [0, 0.05) is 29.0 Å². The molecule has 0 unspecified atom stereocenters. The molecule has 0 atom stereocenters. The number of nitrogens with zero attached hydrogens (tertiary/aromatic N) is 1. The largest absolute Gasteiger partial charge is 0.351 e. The zero-order valence-electron chi connectivity index (χ0n) is 18.4. The maximum absolute atomic E-state index is 7.23. The lowest BCUT2D eigenvalue weighted by molar-refractivity contribution is -0.0563. The van der Waals surface area contributed by atoms with E-state index in [2.05, 4.69) is 83.8 Å². The Morgan fingerprint density at radius 3 is 1.78 bits per heavy atom. The van der Waals surface area contributed by atoms with Gasteiger partial charge in [0.15, 0.2) is 5.60 Å². The van der Waals surface area contributed by atoms with Gasteiger partial charge in [-0.05, 0) is 73.5 Å². The molecule has 0 amide bonds. The number of epoxide rings is 1. The number of ether oxygens (including phenoxy) is 1. The van der Waals surface area contributed by atoms with Crippen molar-refractivity contribution in [1.82, 2.24) is 0 Å². The van der Waals surface area contributed by atoms with Crippen LogP contribution >= 0.6 is 0 Å². The minimum atomic E-state index is -0.254. The first-order valence-electron chi connectivity index (χ1n) is 12.5. The lowest BCUT2D eigenvalue weighted by atomic mass is 9.48. The van der Waals surface area contributed by atoms with E-state index in [-0.39, 0.29) is 11.2 Å². The highest BCUT2D eigenvalue weighted by Crippen LogP contribution is 2.78. The Kier molecular flexibility index (Phi) is 3.39. The molecule has 2 spiro atoms. The van der Waals surface area contributed by atoms with E-state index in [1.807, 2.05) is 0 Å². The minimum absolute atomic E-state index is 0.0193. The van der Waals surface area contributed by atoms with E-state index >= 15 is 0 Å². The molecule has 0 radical (unpaired) electrons. The van der Waals surface area contributed by atoms with E-state index in [1.165, 1.54) is 60.2 Å². The average molecular weight is 420 g/mol. The Balaban J connectivity index is 1.32. The molecule has 3 aromatic carbocycles. The molecule has 6 aliphatic rings. The van der Waals surface area contributed by atoms with Crippen LogP contribution in [0.3, 0.4) is 0 Å². The number of hydrogen-bond acceptors (Lipinski definition) is 2. The minimum Gasteiger partial charge on any atom is -0.351 e. The first-order chi connectivity index (χ1) is 15.8. The van der Waals surface area contributed by atoms with E-state index in [1.54, 1.807) is 0 Å². The van der Waals surface area contributed by atoms with Crippen molar-refractivity contribution in [2.24, 2.45) is 23.7 Å². The second kappa shape index (κ2) is 6.05. The molecule has 4 aliphatic carbocycles. The predicted octanol–water partition coefficient (Wildman–Crippen LogP) is 6.81. The monoisotopic (exact) mass is 419 g/mol. The first-order valence-corrected chi connectivity index (χ1v) is 12.5. The summed E-state index contributed by atoms with van der Waals surface area (Å²) in [6.45, 7) is 0.884. The Hall–Kier alpha value is -2.58. The van der Waals surface area contributed by atoms with Gasteiger partial charge in [-0.25, -0.2) is 0 Å². The third-order valence-electron chi connectivity index (χ3n) is 9.51. The van der Waals surface area contributed by atoms with E-state index in [9.17, 15) is 0 Å². The summed E-state index contributed by atoms with van der Waals surface area (Å²) in [5, 5.41) is 0. The molecule has 2 nitrogen and oxygen atoms in total. The maximum Gasteiger partial charge on any atom is 0.152 e. The zero-order valence-corrected chi connectivity index (χ0v) is 18.4. The van der Waals surface area contributed by atoms with Gasteiger partial charge in [0.05, 0.1) is 0 Å². The molecule has 2 aliphatic heterocycles. The second-order valence-corrected chi connectivity index (χ2v) is 11.0. The fraction of sp³-hybridized carbons (Fsp3) is 0.400. The van der Waals surface area contributed by atoms with Crippen LogP contribution in [0.15, 0.2) is 78.9 Å². The van der Waals surface area contributed by atoms with Gasteiger partial charge in [-0.1, -0.05) is 66.7 Å². The number of anilines is 2. The topological polar surface area (TPSA) is 15.8 Å². The molecule has 1 saturated heterocycles. The standard InChI is InChI=1S/C30H29NO/c1-2-8-20(9-3-1)19-31-27-12-6-4-10-25(27)30(26-11-5-7-13-28(26)31)29(32-30)23-15-21-14-22(17-23)18-24(29)16-21/h1-13,21-24H,14-19H2. The summed E-state index contributed by atoms with van der Waals surface area (Å²) in [5.74, 6) is 3.35. The van der Waals surface area contributed by atoms with Crippen molar-refractivity contribution >= 4 is 11.4 Å². The highest BCUT2D eigenvalue weighted by Gasteiger charge is 2.81. The van der Waals surface area contributed by atoms with Crippen LogP contribution < -0.4 is 4.90 Å². The molecule has 160 valence electrons. The van der Waals surface area contributed by atoms with Gasteiger partial charge in [0.2, 0.25) is 0 Å². The van der Waals surface area contributed by atoms with Crippen LogP contribution in [0.1, 0.15) is 48.8 Å². The number of para-hydroxylation sites is 2. The van der Waals surface area contributed by atoms with Crippen LogP contribution in [0.25, 0.3) is 0 Å². The summed E-state index contributed by atoms with van der Waals surface area (Å²) < 4.78 is 7.23. The molecule has 3 aromatic rings. The third kappa shape index (κ3) is 2.06. The lowest BCUT2D eigenvalue weighted by Gasteiger charge is -2.55. The lowest BCUT2D eigenvalue weighted by Crippen LogP contribution is -2.54. The van der Waals surface area contributed by atoms with Gasteiger partial charge in [-0.3, -0.25) is 0 Å². The highest BCUT2D eigenvalue weighted by atomic mass is 16.6.